The van der Waals surface area contributed by atoms with E-state index in [4.69, 9.17) is 4.74 Å². The predicted octanol–water partition coefficient (Wildman–Crippen LogP) is 4.06. The topological polar surface area (TPSA) is 90.3 Å². The van der Waals surface area contributed by atoms with Crippen molar-refractivity contribution < 1.29 is 17.9 Å². The van der Waals surface area contributed by atoms with Gasteiger partial charge in [0.05, 0.1) is 23.9 Å². The zero-order valence-corrected chi connectivity index (χ0v) is 17.2. The SMILES string of the molecule is CCCCOC(=O)c1ccc(NS(=O)(=O)c2cn(C3CCCC3)nc2C)cc1. The van der Waals surface area contributed by atoms with Crippen LogP contribution in [0, 0.1) is 6.92 Å². The van der Waals surface area contributed by atoms with Gasteiger partial charge in [-0.25, -0.2) is 13.2 Å². The van der Waals surface area contributed by atoms with Crippen LogP contribution in [-0.4, -0.2) is 30.8 Å². The lowest BCUT2D eigenvalue weighted by Crippen LogP contribution is -2.14. The Labute approximate surface area is 166 Å². The van der Waals surface area contributed by atoms with Crippen molar-refractivity contribution in [2.45, 2.75) is 63.3 Å². The van der Waals surface area contributed by atoms with Crippen LogP contribution in [0.5, 0.6) is 0 Å². The summed E-state index contributed by atoms with van der Waals surface area (Å²) >= 11 is 0. The summed E-state index contributed by atoms with van der Waals surface area (Å²) < 4.78 is 35.1. The number of esters is 1. The van der Waals surface area contributed by atoms with Crippen LogP contribution in [0.15, 0.2) is 35.4 Å². The van der Waals surface area contributed by atoms with Crippen molar-refractivity contribution in [3.8, 4) is 0 Å². The van der Waals surface area contributed by atoms with Crippen LogP contribution < -0.4 is 4.72 Å². The molecule has 152 valence electrons. The molecular weight excluding hydrogens is 378 g/mol. The normalized spacial score (nSPS) is 14.9. The molecule has 0 spiro atoms. The minimum Gasteiger partial charge on any atom is -0.462 e. The summed E-state index contributed by atoms with van der Waals surface area (Å²) in [5.41, 5.74) is 1.26. The molecule has 0 unspecified atom stereocenters. The maximum atomic E-state index is 12.8. The lowest BCUT2D eigenvalue weighted by molar-refractivity contribution is 0.0500. The maximum Gasteiger partial charge on any atom is 0.338 e. The highest BCUT2D eigenvalue weighted by Gasteiger charge is 2.24. The van der Waals surface area contributed by atoms with E-state index in [9.17, 15) is 13.2 Å². The van der Waals surface area contributed by atoms with Crippen molar-refractivity contribution in [1.29, 1.82) is 0 Å². The smallest absolute Gasteiger partial charge is 0.338 e. The Kier molecular flexibility index (Phi) is 6.39. The van der Waals surface area contributed by atoms with Gasteiger partial charge in [0.2, 0.25) is 0 Å². The van der Waals surface area contributed by atoms with Gasteiger partial charge >= 0.3 is 5.97 Å². The van der Waals surface area contributed by atoms with Crippen LogP contribution in [0.4, 0.5) is 5.69 Å². The summed E-state index contributed by atoms with van der Waals surface area (Å²) in [4.78, 5) is 12.1. The van der Waals surface area contributed by atoms with E-state index in [1.54, 1.807) is 42.1 Å². The van der Waals surface area contributed by atoms with Crippen molar-refractivity contribution in [2.24, 2.45) is 0 Å². The molecule has 1 fully saturated rings. The monoisotopic (exact) mass is 405 g/mol. The fourth-order valence-electron chi connectivity index (χ4n) is 3.36. The van der Waals surface area contributed by atoms with Crippen LogP contribution in [0.25, 0.3) is 0 Å². The molecule has 1 aliphatic rings. The van der Waals surface area contributed by atoms with E-state index in [-0.39, 0.29) is 10.9 Å². The van der Waals surface area contributed by atoms with Crippen molar-refractivity contribution in [2.75, 3.05) is 11.3 Å². The van der Waals surface area contributed by atoms with Crippen molar-refractivity contribution in [3.05, 3.63) is 41.7 Å². The van der Waals surface area contributed by atoms with Crippen LogP contribution >= 0.6 is 0 Å². The molecule has 1 N–H and O–H groups in total. The number of rotatable bonds is 8. The number of ether oxygens (including phenoxy) is 1. The fourth-order valence-corrected chi connectivity index (χ4v) is 4.59. The third-order valence-corrected chi connectivity index (χ3v) is 6.45. The molecule has 28 heavy (non-hydrogen) atoms. The molecule has 1 saturated carbocycles. The van der Waals surface area contributed by atoms with E-state index in [0.717, 1.165) is 38.5 Å². The van der Waals surface area contributed by atoms with E-state index < -0.39 is 16.0 Å². The van der Waals surface area contributed by atoms with Gasteiger partial charge in [0.25, 0.3) is 10.0 Å². The molecular formula is C20H27N3O4S. The van der Waals surface area contributed by atoms with Gasteiger partial charge < -0.3 is 4.74 Å². The number of nitrogens with one attached hydrogen (secondary N) is 1. The number of carbonyl (C=O) groups excluding carboxylic acids is 1. The molecule has 0 atom stereocenters. The van der Waals surface area contributed by atoms with Gasteiger partial charge in [0.15, 0.2) is 0 Å². The van der Waals surface area contributed by atoms with Gasteiger partial charge in [-0.2, -0.15) is 5.10 Å². The van der Waals surface area contributed by atoms with Gasteiger partial charge in [-0.15, -0.1) is 0 Å². The van der Waals surface area contributed by atoms with Gasteiger partial charge in [-0.1, -0.05) is 26.2 Å². The van der Waals surface area contributed by atoms with Gasteiger partial charge in [-0.05, 0) is 50.5 Å². The second kappa shape index (κ2) is 8.77. The molecule has 1 aliphatic carbocycles. The number of sulfonamides is 1. The van der Waals surface area contributed by atoms with E-state index in [1.807, 2.05) is 6.92 Å². The molecule has 3 rings (SSSR count). The average Bonchev–Trinajstić information content (AvgIpc) is 3.32. The van der Waals surface area contributed by atoms with Crippen LogP contribution in [0.3, 0.4) is 0 Å². The van der Waals surface area contributed by atoms with Crippen LogP contribution in [0.1, 0.15) is 67.5 Å². The summed E-state index contributed by atoms with van der Waals surface area (Å²) in [6.45, 7) is 4.11. The minimum absolute atomic E-state index is 0.183. The van der Waals surface area contributed by atoms with E-state index in [0.29, 0.717) is 23.6 Å². The molecule has 0 saturated heterocycles. The minimum atomic E-state index is -3.75. The first-order valence-corrected chi connectivity index (χ1v) is 11.2. The first kappa shape index (κ1) is 20.4. The second-order valence-corrected chi connectivity index (χ2v) is 8.82. The third-order valence-electron chi connectivity index (χ3n) is 4.96. The number of aromatic nitrogens is 2. The number of hydrogen-bond donors (Lipinski definition) is 1. The first-order chi connectivity index (χ1) is 13.4. The molecule has 1 heterocycles. The van der Waals surface area contributed by atoms with Crippen LogP contribution in [0.2, 0.25) is 0 Å². The number of carbonyl (C=O) groups is 1. The summed E-state index contributed by atoms with van der Waals surface area (Å²) in [6, 6.07) is 6.51. The number of unbranched alkanes of at least 4 members (excludes halogenated alkanes) is 1. The quantitative estimate of drug-likeness (QED) is 0.528. The van der Waals surface area contributed by atoms with Crippen molar-refractivity contribution in [3.63, 3.8) is 0 Å². The Morgan fingerprint density at radius 3 is 2.57 bits per heavy atom. The Morgan fingerprint density at radius 1 is 1.25 bits per heavy atom. The number of hydrogen-bond acceptors (Lipinski definition) is 5. The standard InChI is InChI=1S/C20H27N3O4S/c1-3-4-13-27-20(24)16-9-11-17(12-10-16)22-28(25,26)19-14-23(21-15(19)2)18-7-5-6-8-18/h9-12,14,18,22H,3-8,13H2,1-2H3. The van der Waals surface area contributed by atoms with Crippen molar-refractivity contribution in [1.82, 2.24) is 9.78 Å². The highest BCUT2D eigenvalue weighted by molar-refractivity contribution is 7.92. The molecule has 7 nitrogen and oxygen atoms in total. The Hall–Kier alpha value is -2.35. The van der Waals surface area contributed by atoms with E-state index >= 15 is 0 Å². The number of anilines is 1. The average molecular weight is 406 g/mol. The first-order valence-electron chi connectivity index (χ1n) is 9.76. The Bertz CT molecular complexity index is 913. The predicted molar refractivity (Wildman–Crippen MR) is 107 cm³/mol. The third kappa shape index (κ3) is 4.73. The molecule has 2 aromatic rings. The molecule has 1 aromatic carbocycles. The number of nitrogens with zero attached hydrogens (tertiary/aromatic N) is 2. The molecule has 8 heteroatoms. The molecule has 0 aliphatic heterocycles. The summed E-state index contributed by atoms with van der Waals surface area (Å²) in [7, 11) is -3.75. The van der Waals surface area contributed by atoms with E-state index in [2.05, 4.69) is 9.82 Å². The zero-order chi connectivity index (χ0) is 20.1. The number of benzene rings is 1. The Morgan fingerprint density at radius 2 is 1.93 bits per heavy atom. The zero-order valence-electron chi connectivity index (χ0n) is 16.3. The second-order valence-electron chi connectivity index (χ2n) is 7.17. The lowest BCUT2D eigenvalue weighted by atomic mass is 10.2. The highest BCUT2D eigenvalue weighted by atomic mass is 32.2. The summed E-state index contributed by atoms with van der Waals surface area (Å²) in [5.74, 6) is -0.406. The molecule has 0 amide bonds. The van der Waals surface area contributed by atoms with E-state index in [1.165, 1.54) is 0 Å². The van der Waals surface area contributed by atoms with Crippen molar-refractivity contribution >= 4 is 21.7 Å². The fraction of sp³-hybridized carbons (Fsp3) is 0.500. The lowest BCUT2D eigenvalue weighted by Gasteiger charge is -2.09. The van der Waals surface area contributed by atoms with Gasteiger partial charge in [0, 0.05) is 11.9 Å². The van der Waals surface area contributed by atoms with Gasteiger partial charge in [-0.3, -0.25) is 9.40 Å². The molecule has 0 radical (unpaired) electrons. The van der Waals surface area contributed by atoms with Gasteiger partial charge in [0.1, 0.15) is 4.90 Å². The molecule has 0 bridgehead atoms. The molecule has 1 aromatic heterocycles. The van der Waals surface area contributed by atoms with Crippen LogP contribution in [-0.2, 0) is 14.8 Å². The largest absolute Gasteiger partial charge is 0.462 e. The summed E-state index contributed by atoms with van der Waals surface area (Å²) in [5, 5.41) is 4.41. The maximum absolute atomic E-state index is 12.8. The summed E-state index contributed by atoms with van der Waals surface area (Å²) in [6.07, 6.45) is 7.75. The Balaban J connectivity index is 1.69. The number of aryl methyl sites for hydroxylation is 1. The highest BCUT2D eigenvalue weighted by Crippen LogP contribution is 2.30.